The number of hydroxylamine groups is 1. The molecule has 1 N–H and O–H groups in total. The molecular weight excluding hydrogens is 598 g/mol. The summed E-state index contributed by atoms with van der Waals surface area (Å²) < 4.78 is 37.0. The van der Waals surface area contributed by atoms with E-state index >= 15 is 0 Å². The highest BCUT2D eigenvalue weighted by molar-refractivity contribution is 5.76. The lowest BCUT2D eigenvalue weighted by Gasteiger charge is -2.34. The second-order valence-electron chi connectivity index (χ2n) is 11.8. The van der Waals surface area contributed by atoms with Crippen LogP contribution in [-0.2, 0) is 25.7 Å². The van der Waals surface area contributed by atoms with E-state index in [0.717, 1.165) is 24.8 Å². The number of benzene rings is 3. The molecular formula is C38H51NO8. The molecule has 0 saturated heterocycles. The van der Waals surface area contributed by atoms with E-state index in [1.807, 2.05) is 78.9 Å². The van der Waals surface area contributed by atoms with E-state index in [0.29, 0.717) is 55.8 Å². The van der Waals surface area contributed by atoms with Gasteiger partial charge in [-0.05, 0) is 36.2 Å². The molecule has 256 valence electrons. The van der Waals surface area contributed by atoms with Crippen LogP contribution in [0.5, 0.6) is 23.0 Å². The molecule has 1 aliphatic rings. The molecule has 0 aliphatic carbocycles. The summed E-state index contributed by atoms with van der Waals surface area (Å²) >= 11 is 0. The van der Waals surface area contributed by atoms with Crippen molar-refractivity contribution in [1.82, 2.24) is 5.48 Å². The summed E-state index contributed by atoms with van der Waals surface area (Å²) in [5.41, 5.74) is 2.51. The molecule has 0 spiro atoms. The van der Waals surface area contributed by atoms with E-state index in [4.69, 9.17) is 33.3 Å². The maximum atomic E-state index is 13.0. The topological polar surface area (TPSA) is 93.7 Å². The predicted octanol–water partition coefficient (Wildman–Crippen LogP) is 7.47. The highest BCUT2D eigenvalue weighted by atomic mass is 16.7. The van der Waals surface area contributed by atoms with Crippen LogP contribution in [0.4, 0.5) is 0 Å². The van der Waals surface area contributed by atoms with Crippen LogP contribution in [0.15, 0.2) is 78.9 Å². The molecule has 0 fully saturated rings. The Morgan fingerprint density at radius 3 is 1.74 bits per heavy atom. The molecule has 1 aliphatic heterocycles. The minimum atomic E-state index is -0.959. The molecule has 1 heterocycles. The van der Waals surface area contributed by atoms with E-state index in [-0.39, 0.29) is 26.4 Å². The smallest absolute Gasteiger partial charge is 0.269 e. The normalized spacial score (nSPS) is 15.1. The van der Waals surface area contributed by atoms with Gasteiger partial charge in [0.05, 0.1) is 19.8 Å². The average Bonchev–Trinajstić information content (AvgIpc) is 3.10. The van der Waals surface area contributed by atoms with Crippen LogP contribution in [-0.4, -0.2) is 57.8 Å². The fourth-order valence-electron chi connectivity index (χ4n) is 5.26. The van der Waals surface area contributed by atoms with E-state index in [1.165, 1.54) is 32.1 Å². The van der Waals surface area contributed by atoms with Crippen molar-refractivity contribution in [3.63, 3.8) is 0 Å². The first kappa shape index (κ1) is 36.1. The number of para-hydroxylation sites is 4. The van der Waals surface area contributed by atoms with Crippen molar-refractivity contribution in [2.75, 3.05) is 46.2 Å². The van der Waals surface area contributed by atoms with Crippen molar-refractivity contribution in [2.24, 2.45) is 0 Å². The highest BCUT2D eigenvalue weighted by Gasteiger charge is 2.35. The van der Waals surface area contributed by atoms with E-state index < -0.39 is 11.5 Å². The molecule has 0 aromatic heterocycles. The van der Waals surface area contributed by atoms with Gasteiger partial charge in [0.1, 0.15) is 38.6 Å². The second-order valence-corrected chi connectivity index (χ2v) is 11.8. The van der Waals surface area contributed by atoms with Crippen molar-refractivity contribution in [3.05, 3.63) is 84.4 Å². The summed E-state index contributed by atoms with van der Waals surface area (Å²) in [4.78, 5) is 18.4. The Bertz CT molecular complexity index is 1230. The predicted molar refractivity (Wildman–Crippen MR) is 181 cm³/mol. The van der Waals surface area contributed by atoms with E-state index in [2.05, 4.69) is 12.4 Å². The molecule has 0 unspecified atom stereocenters. The van der Waals surface area contributed by atoms with Gasteiger partial charge in [0.2, 0.25) is 0 Å². The van der Waals surface area contributed by atoms with Gasteiger partial charge in [-0.3, -0.25) is 9.63 Å². The monoisotopic (exact) mass is 649 g/mol. The summed E-state index contributed by atoms with van der Waals surface area (Å²) in [7, 11) is 0. The molecule has 47 heavy (non-hydrogen) atoms. The summed E-state index contributed by atoms with van der Waals surface area (Å²) in [5.74, 6) is 2.00. The number of ether oxygens (including phenoxy) is 6. The first-order chi connectivity index (χ1) is 23.2. The Labute approximate surface area is 279 Å². The molecule has 9 heteroatoms. The standard InChI is InChI=1S/C38H51NO8/c1-2-3-4-5-6-7-8-16-23-38(46-29-37(40)39-47-28-32-17-10-9-11-18-32)30-44-35-21-14-12-19-33(35)42-26-24-41-25-27-43-34-20-13-15-22-36(34)45-31-38/h9-15,17-22H,2-8,16,23-31H2,1H3,(H,39,40). The van der Waals surface area contributed by atoms with Crippen LogP contribution < -0.4 is 24.4 Å². The number of carbonyl (C=O) groups is 1. The minimum Gasteiger partial charge on any atom is -0.487 e. The largest absolute Gasteiger partial charge is 0.487 e. The molecule has 1 amide bonds. The summed E-state index contributed by atoms with van der Waals surface area (Å²) in [6.45, 7) is 4.08. The van der Waals surface area contributed by atoms with Crippen LogP contribution >= 0.6 is 0 Å². The van der Waals surface area contributed by atoms with Crippen molar-refractivity contribution < 1.29 is 38.1 Å². The fourth-order valence-corrected chi connectivity index (χ4v) is 5.26. The van der Waals surface area contributed by atoms with Crippen molar-refractivity contribution >= 4 is 5.91 Å². The van der Waals surface area contributed by atoms with Crippen LogP contribution in [0, 0.1) is 0 Å². The molecule has 0 saturated carbocycles. The molecule has 3 aromatic carbocycles. The number of nitrogens with one attached hydrogen (secondary N) is 1. The maximum absolute atomic E-state index is 13.0. The fraction of sp³-hybridized carbons (Fsp3) is 0.500. The summed E-state index contributed by atoms with van der Waals surface area (Å²) in [5, 5.41) is 0. The molecule has 3 aromatic rings. The number of amides is 1. The number of hydrogen-bond donors (Lipinski definition) is 1. The van der Waals surface area contributed by atoms with Gasteiger partial charge in [-0.1, -0.05) is 113 Å². The third-order valence-electron chi connectivity index (χ3n) is 7.91. The Hall–Kier alpha value is -3.79. The Morgan fingerprint density at radius 2 is 1.17 bits per heavy atom. The Kier molecular flexibility index (Phi) is 16.2. The van der Waals surface area contributed by atoms with Gasteiger partial charge in [0.15, 0.2) is 23.0 Å². The van der Waals surface area contributed by atoms with Crippen molar-refractivity contribution in [3.8, 4) is 23.0 Å². The van der Waals surface area contributed by atoms with Gasteiger partial charge >= 0.3 is 0 Å². The highest BCUT2D eigenvalue weighted by Crippen LogP contribution is 2.32. The third-order valence-corrected chi connectivity index (χ3v) is 7.91. The van der Waals surface area contributed by atoms with E-state index in [1.54, 1.807) is 0 Å². The molecule has 4 rings (SSSR count). The van der Waals surface area contributed by atoms with Gasteiger partial charge in [-0.2, -0.15) is 0 Å². The van der Waals surface area contributed by atoms with Crippen LogP contribution in [0.1, 0.15) is 70.3 Å². The Morgan fingerprint density at radius 1 is 0.660 bits per heavy atom. The second kappa shape index (κ2) is 21.2. The first-order valence-electron chi connectivity index (χ1n) is 17.0. The number of unbranched alkanes of at least 4 members (excludes halogenated alkanes) is 7. The lowest BCUT2D eigenvalue weighted by atomic mass is 9.96. The Balaban J connectivity index is 1.50. The zero-order valence-electron chi connectivity index (χ0n) is 27.8. The van der Waals surface area contributed by atoms with Crippen molar-refractivity contribution in [1.29, 1.82) is 0 Å². The van der Waals surface area contributed by atoms with Crippen LogP contribution in [0.3, 0.4) is 0 Å². The van der Waals surface area contributed by atoms with Crippen LogP contribution in [0.2, 0.25) is 0 Å². The first-order valence-corrected chi connectivity index (χ1v) is 17.0. The van der Waals surface area contributed by atoms with Gasteiger partial charge in [-0.15, -0.1) is 0 Å². The summed E-state index contributed by atoms with van der Waals surface area (Å²) in [6, 6.07) is 24.7. The zero-order chi connectivity index (χ0) is 32.8. The minimum absolute atomic E-state index is 0.140. The van der Waals surface area contributed by atoms with Gasteiger partial charge in [0, 0.05) is 0 Å². The van der Waals surface area contributed by atoms with Gasteiger partial charge in [0.25, 0.3) is 5.91 Å². The van der Waals surface area contributed by atoms with Gasteiger partial charge < -0.3 is 28.4 Å². The van der Waals surface area contributed by atoms with Crippen LogP contribution in [0.25, 0.3) is 0 Å². The maximum Gasteiger partial charge on any atom is 0.269 e. The third kappa shape index (κ3) is 13.5. The average molecular weight is 650 g/mol. The molecule has 0 radical (unpaired) electrons. The lowest BCUT2D eigenvalue weighted by molar-refractivity contribution is -0.153. The number of rotatable bonds is 15. The molecule has 0 atom stereocenters. The van der Waals surface area contributed by atoms with E-state index in [9.17, 15) is 4.79 Å². The number of hydrogen-bond acceptors (Lipinski definition) is 8. The lowest BCUT2D eigenvalue weighted by Crippen LogP contribution is -2.47. The number of fused-ring (bicyclic) bond motifs is 2. The zero-order valence-corrected chi connectivity index (χ0v) is 27.8. The molecule has 0 bridgehead atoms. The van der Waals surface area contributed by atoms with Gasteiger partial charge in [-0.25, -0.2) is 5.48 Å². The number of carbonyl (C=O) groups excluding carboxylic acids is 1. The SMILES string of the molecule is CCCCCCCCCCC1(OCC(=O)NOCc2ccccc2)COc2ccccc2OCCOCCOc2ccccc2OC1. The van der Waals surface area contributed by atoms with Crippen molar-refractivity contribution in [2.45, 2.75) is 76.9 Å². The molecule has 9 nitrogen and oxygen atoms in total. The summed E-state index contributed by atoms with van der Waals surface area (Å²) in [6.07, 6.45) is 9.97. The quantitative estimate of drug-likeness (QED) is 0.134.